The van der Waals surface area contributed by atoms with Gasteiger partial charge in [-0.15, -0.1) is 12.4 Å². The fourth-order valence-corrected chi connectivity index (χ4v) is 0.953. The van der Waals surface area contributed by atoms with Gasteiger partial charge in [0.2, 0.25) is 0 Å². The first-order chi connectivity index (χ1) is 6.25. The van der Waals surface area contributed by atoms with Crippen molar-refractivity contribution < 1.29 is 13.9 Å². The summed E-state index contributed by atoms with van der Waals surface area (Å²) in [5, 5.41) is 14.7. The smallest absolute Gasteiger partial charge is 0.333 e. The quantitative estimate of drug-likeness (QED) is 0.731. The molecule has 0 bridgehead atoms. The third-order valence-corrected chi connectivity index (χ3v) is 1.53. The molecule has 0 spiro atoms. The average Bonchev–Trinajstić information content (AvgIpc) is 2.53. The van der Waals surface area contributed by atoms with Gasteiger partial charge in [0.25, 0.3) is 0 Å². The Kier molecular flexibility index (Phi) is 6.35. The third kappa shape index (κ3) is 3.57. The van der Waals surface area contributed by atoms with Crippen molar-refractivity contribution in [1.82, 2.24) is 15.1 Å². The lowest BCUT2D eigenvalue weighted by Crippen LogP contribution is -2.20. The Balaban J connectivity index is 0.00000169. The molecular formula is C7H12ClF2N3O. The topological polar surface area (TPSA) is 50.1 Å². The normalized spacial score (nSPS) is 10.3. The highest BCUT2D eigenvalue weighted by Gasteiger charge is 2.10. The van der Waals surface area contributed by atoms with Crippen LogP contribution in [0.1, 0.15) is 12.2 Å². The van der Waals surface area contributed by atoms with E-state index in [4.69, 9.17) is 5.11 Å². The molecule has 0 aromatic carbocycles. The average molecular weight is 228 g/mol. The van der Waals surface area contributed by atoms with Crippen LogP contribution in [0.25, 0.3) is 0 Å². The van der Waals surface area contributed by atoms with Gasteiger partial charge in [-0.05, 0) is 6.07 Å². The highest BCUT2D eigenvalue weighted by molar-refractivity contribution is 5.85. The Morgan fingerprint density at radius 3 is 2.86 bits per heavy atom. The molecule has 1 aromatic rings. The monoisotopic (exact) mass is 227 g/mol. The van der Waals surface area contributed by atoms with Gasteiger partial charge in [-0.25, -0.2) is 4.68 Å². The molecule has 1 heterocycles. The Morgan fingerprint density at radius 2 is 2.29 bits per heavy atom. The summed E-state index contributed by atoms with van der Waals surface area (Å²) in [4.78, 5) is 0. The van der Waals surface area contributed by atoms with E-state index in [1.54, 1.807) is 0 Å². The van der Waals surface area contributed by atoms with Crippen molar-refractivity contribution in [2.75, 3.05) is 13.2 Å². The van der Waals surface area contributed by atoms with E-state index in [-0.39, 0.29) is 25.6 Å². The van der Waals surface area contributed by atoms with Crippen molar-refractivity contribution in [3.8, 4) is 0 Å². The fraction of sp³-hybridized carbons (Fsp3) is 0.571. The highest BCUT2D eigenvalue weighted by atomic mass is 35.5. The second kappa shape index (κ2) is 6.69. The van der Waals surface area contributed by atoms with Crippen molar-refractivity contribution in [2.24, 2.45) is 0 Å². The zero-order valence-corrected chi connectivity index (χ0v) is 8.18. The van der Waals surface area contributed by atoms with Gasteiger partial charge in [-0.1, -0.05) is 0 Å². The van der Waals surface area contributed by atoms with Gasteiger partial charge in [0.1, 0.15) is 0 Å². The van der Waals surface area contributed by atoms with Crippen LogP contribution in [0.4, 0.5) is 8.78 Å². The Morgan fingerprint density at radius 1 is 1.57 bits per heavy atom. The van der Waals surface area contributed by atoms with Crippen molar-refractivity contribution in [2.45, 2.75) is 13.1 Å². The predicted molar refractivity (Wildman–Crippen MR) is 49.5 cm³/mol. The van der Waals surface area contributed by atoms with Crippen LogP contribution in [0.3, 0.4) is 0 Å². The van der Waals surface area contributed by atoms with E-state index in [0.29, 0.717) is 16.9 Å². The van der Waals surface area contributed by atoms with E-state index >= 15 is 0 Å². The Hall–Kier alpha value is -0.720. The van der Waals surface area contributed by atoms with Gasteiger partial charge in [-0.2, -0.15) is 13.9 Å². The maximum absolute atomic E-state index is 12.2. The van der Waals surface area contributed by atoms with E-state index in [9.17, 15) is 8.78 Å². The molecule has 2 N–H and O–H groups in total. The number of rotatable bonds is 5. The Bertz CT molecular complexity index is 257. The van der Waals surface area contributed by atoms with Crippen LogP contribution in [0, 0.1) is 0 Å². The first-order valence-corrected chi connectivity index (χ1v) is 3.88. The molecule has 0 amide bonds. The number of aliphatic hydroxyl groups excluding tert-OH is 1. The highest BCUT2D eigenvalue weighted by Crippen LogP contribution is 2.11. The molecule has 7 heteroatoms. The minimum atomic E-state index is -2.61. The van der Waals surface area contributed by atoms with Crippen molar-refractivity contribution in [3.05, 3.63) is 18.0 Å². The summed E-state index contributed by atoms with van der Waals surface area (Å²) in [6.45, 7) is -1.96. The number of halogens is 3. The summed E-state index contributed by atoms with van der Waals surface area (Å²) in [5.74, 6) is 0. The van der Waals surface area contributed by atoms with Crippen LogP contribution in [-0.2, 0) is 6.54 Å². The molecule has 0 saturated carbocycles. The largest absolute Gasteiger partial charge is 0.395 e. The van der Waals surface area contributed by atoms with Crippen molar-refractivity contribution in [1.29, 1.82) is 0 Å². The van der Waals surface area contributed by atoms with Gasteiger partial charge < -0.3 is 10.4 Å². The molecule has 0 fully saturated rings. The van der Waals surface area contributed by atoms with E-state index in [1.165, 1.54) is 12.3 Å². The van der Waals surface area contributed by atoms with Crippen molar-refractivity contribution in [3.63, 3.8) is 0 Å². The second-order valence-electron chi connectivity index (χ2n) is 2.45. The minimum Gasteiger partial charge on any atom is -0.395 e. The molecular weight excluding hydrogens is 216 g/mol. The zero-order chi connectivity index (χ0) is 9.68. The van der Waals surface area contributed by atoms with Crippen LogP contribution in [0.15, 0.2) is 12.3 Å². The summed E-state index contributed by atoms with van der Waals surface area (Å²) < 4.78 is 25.0. The molecule has 4 nitrogen and oxygen atoms in total. The van der Waals surface area contributed by atoms with E-state index in [2.05, 4.69) is 10.4 Å². The number of hydrogen-bond acceptors (Lipinski definition) is 3. The van der Waals surface area contributed by atoms with E-state index < -0.39 is 6.55 Å². The molecule has 82 valence electrons. The number of nitrogens with zero attached hydrogens (tertiary/aromatic N) is 2. The number of nitrogens with one attached hydrogen (secondary N) is 1. The lowest BCUT2D eigenvalue weighted by atomic mass is 10.4. The molecule has 0 aliphatic carbocycles. The molecule has 0 aliphatic rings. The fourth-order valence-electron chi connectivity index (χ4n) is 0.953. The summed E-state index contributed by atoms with van der Waals surface area (Å²) in [7, 11) is 0. The molecule has 0 aliphatic heterocycles. The van der Waals surface area contributed by atoms with Gasteiger partial charge in [0, 0.05) is 19.3 Å². The standard InChI is InChI=1S/C7H11F2N3O.ClH/c8-7(9)12-6(1-2-11-12)5-10-3-4-13;/h1-2,7,10,13H,3-5H2;1H. The number of alkyl halides is 2. The summed E-state index contributed by atoms with van der Waals surface area (Å²) in [5.41, 5.74) is 0.406. The first kappa shape index (κ1) is 13.3. The summed E-state index contributed by atoms with van der Waals surface area (Å²) in [6, 6.07) is 1.51. The molecule has 1 aromatic heterocycles. The molecule has 0 radical (unpaired) electrons. The van der Waals surface area contributed by atoms with Gasteiger partial charge >= 0.3 is 6.55 Å². The summed E-state index contributed by atoms with van der Waals surface area (Å²) >= 11 is 0. The number of aromatic nitrogens is 2. The van der Waals surface area contributed by atoms with Gasteiger partial charge in [0.05, 0.1) is 12.3 Å². The maximum atomic E-state index is 12.2. The lowest BCUT2D eigenvalue weighted by molar-refractivity contribution is 0.0531. The van der Waals surface area contributed by atoms with E-state index in [0.717, 1.165) is 0 Å². The van der Waals surface area contributed by atoms with Crippen LogP contribution >= 0.6 is 12.4 Å². The second-order valence-corrected chi connectivity index (χ2v) is 2.45. The third-order valence-electron chi connectivity index (χ3n) is 1.53. The SMILES string of the molecule is Cl.OCCNCc1ccnn1C(F)F. The van der Waals surface area contributed by atoms with Crippen LogP contribution in [-0.4, -0.2) is 28.0 Å². The number of hydrogen-bond donors (Lipinski definition) is 2. The van der Waals surface area contributed by atoms with E-state index in [1.807, 2.05) is 0 Å². The van der Waals surface area contributed by atoms with Gasteiger partial charge in [-0.3, -0.25) is 0 Å². The first-order valence-electron chi connectivity index (χ1n) is 3.88. The minimum absolute atomic E-state index is 0. The lowest BCUT2D eigenvalue weighted by Gasteiger charge is -2.06. The van der Waals surface area contributed by atoms with Crippen LogP contribution in [0.5, 0.6) is 0 Å². The molecule has 0 atom stereocenters. The number of aliphatic hydroxyl groups is 1. The molecule has 1 rings (SSSR count). The Labute approximate surface area is 86.3 Å². The molecule has 0 saturated heterocycles. The molecule has 14 heavy (non-hydrogen) atoms. The van der Waals surface area contributed by atoms with Crippen molar-refractivity contribution >= 4 is 12.4 Å². The zero-order valence-electron chi connectivity index (χ0n) is 7.36. The molecule has 0 unspecified atom stereocenters. The summed E-state index contributed by atoms with van der Waals surface area (Å²) in [6.07, 6.45) is 1.32. The van der Waals surface area contributed by atoms with Crippen LogP contribution in [0.2, 0.25) is 0 Å². The predicted octanol–water partition coefficient (Wildman–Crippen LogP) is 0.782. The van der Waals surface area contributed by atoms with Crippen LogP contribution < -0.4 is 5.32 Å². The van der Waals surface area contributed by atoms with Gasteiger partial charge in [0.15, 0.2) is 0 Å². The maximum Gasteiger partial charge on any atom is 0.333 e.